The molecule has 0 amide bonds. The first kappa shape index (κ1) is 14.1. The molecule has 4 nitrogen and oxygen atoms in total. The van der Waals surface area contributed by atoms with Crippen molar-refractivity contribution < 1.29 is 9.47 Å². The van der Waals surface area contributed by atoms with Crippen molar-refractivity contribution in [3.63, 3.8) is 0 Å². The van der Waals surface area contributed by atoms with Crippen LogP contribution in [0.3, 0.4) is 0 Å². The average Bonchev–Trinajstić information content (AvgIpc) is 2.49. The van der Waals surface area contributed by atoms with Crippen LogP contribution in [0.4, 0.5) is 17.1 Å². The first-order chi connectivity index (χ1) is 9.67. The standard InChI is InChI=1S/C16H20N2O2/c1-4-20-16-11-12(9-10-13(16)17)18(2)14-7-5-6-8-15(14)19-3/h5-11H,4,17H2,1-3H3. The zero-order valence-electron chi connectivity index (χ0n) is 12.1. The Kier molecular flexibility index (Phi) is 4.35. The molecule has 2 N–H and O–H groups in total. The molecule has 2 aromatic rings. The van der Waals surface area contributed by atoms with Crippen LogP contribution in [0.1, 0.15) is 6.92 Å². The molecule has 0 saturated heterocycles. The Morgan fingerprint density at radius 2 is 1.85 bits per heavy atom. The number of methoxy groups -OCH3 is 1. The van der Waals surface area contributed by atoms with E-state index in [1.165, 1.54) is 0 Å². The molecular weight excluding hydrogens is 252 g/mol. The fourth-order valence-corrected chi connectivity index (χ4v) is 2.06. The van der Waals surface area contributed by atoms with Crippen molar-refractivity contribution in [2.45, 2.75) is 6.92 Å². The Bertz CT molecular complexity index is 584. The maximum absolute atomic E-state index is 5.90. The molecule has 4 heteroatoms. The van der Waals surface area contributed by atoms with Gasteiger partial charge in [-0.15, -0.1) is 0 Å². The number of hydrogen-bond donors (Lipinski definition) is 1. The van der Waals surface area contributed by atoms with Crippen LogP contribution in [0, 0.1) is 0 Å². The second kappa shape index (κ2) is 6.19. The van der Waals surface area contributed by atoms with Gasteiger partial charge in [-0.1, -0.05) is 12.1 Å². The number of nitrogens with zero attached hydrogens (tertiary/aromatic N) is 1. The summed E-state index contributed by atoms with van der Waals surface area (Å²) < 4.78 is 10.9. The van der Waals surface area contributed by atoms with Crippen LogP contribution < -0.4 is 20.1 Å². The second-order valence-electron chi connectivity index (χ2n) is 4.39. The van der Waals surface area contributed by atoms with Crippen molar-refractivity contribution in [2.75, 3.05) is 31.4 Å². The predicted octanol–water partition coefficient (Wildman–Crippen LogP) is 3.44. The molecular formula is C16H20N2O2. The Balaban J connectivity index is 2.37. The van der Waals surface area contributed by atoms with E-state index < -0.39 is 0 Å². The summed E-state index contributed by atoms with van der Waals surface area (Å²) in [5, 5.41) is 0. The summed E-state index contributed by atoms with van der Waals surface area (Å²) in [6.07, 6.45) is 0. The van der Waals surface area contributed by atoms with Gasteiger partial charge in [-0.05, 0) is 31.2 Å². The molecule has 0 heterocycles. The Hall–Kier alpha value is -2.36. The maximum atomic E-state index is 5.90. The number of nitrogens with two attached hydrogens (primary N) is 1. The fourth-order valence-electron chi connectivity index (χ4n) is 2.06. The molecule has 0 spiro atoms. The van der Waals surface area contributed by atoms with Gasteiger partial charge in [-0.3, -0.25) is 0 Å². The molecule has 0 radical (unpaired) electrons. The molecule has 0 fully saturated rings. The highest BCUT2D eigenvalue weighted by Crippen LogP contribution is 2.35. The lowest BCUT2D eigenvalue weighted by Gasteiger charge is -2.22. The van der Waals surface area contributed by atoms with Crippen LogP contribution in [0.15, 0.2) is 42.5 Å². The average molecular weight is 272 g/mol. The largest absolute Gasteiger partial charge is 0.495 e. The molecule has 0 aromatic heterocycles. The molecule has 0 aliphatic rings. The van der Waals surface area contributed by atoms with Gasteiger partial charge >= 0.3 is 0 Å². The number of ether oxygens (including phenoxy) is 2. The van der Waals surface area contributed by atoms with Crippen LogP contribution >= 0.6 is 0 Å². The van der Waals surface area contributed by atoms with E-state index >= 15 is 0 Å². The van der Waals surface area contributed by atoms with E-state index in [0.717, 1.165) is 17.1 Å². The summed E-state index contributed by atoms with van der Waals surface area (Å²) in [5.41, 5.74) is 8.53. The summed E-state index contributed by atoms with van der Waals surface area (Å²) in [4.78, 5) is 2.04. The predicted molar refractivity (Wildman–Crippen MR) is 83.1 cm³/mol. The second-order valence-corrected chi connectivity index (χ2v) is 4.39. The molecule has 0 bridgehead atoms. The van der Waals surface area contributed by atoms with Gasteiger partial charge in [-0.2, -0.15) is 0 Å². The maximum Gasteiger partial charge on any atom is 0.144 e. The summed E-state index contributed by atoms with van der Waals surface area (Å²) in [6.45, 7) is 2.53. The molecule has 106 valence electrons. The minimum absolute atomic E-state index is 0.589. The molecule has 20 heavy (non-hydrogen) atoms. The number of nitrogen functional groups attached to an aromatic ring is 1. The summed E-state index contributed by atoms with van der Waals surface area (Å²) in [5.74, 6) is 1.52. The van der Waals surface area contributed by atoms with Gasteiger partial charge < -0.3 is 20.1 Å². The summed E-state index contributed by atoms with van der Waals surface area (Å²) >= 11 is 0. The lowest BCUT2D eigenvalue weighted by Crippen LogP contribution is -2.11. The van der Waals surface area contributed by atoms with Gasteiger partial charge in [0.05, 0.1) is 25.1 Å². The first-order valence-electron chi connectivity index (χ1n) is 6.56. The number of benzene rings is 2. The van der Waals surface area contributed by atoms with Crippen molar-refractivity contribution in [3.05, 3.63) is 42.5 Å². The topological polar surface area (TPSA) is 47.7 Å². The van der Waals surface area contributed by atoms with E-state index in [2.05, 4.69) is 0 Å². The highest BCUT2D eigenvalue weighted by molar-refractivity contribution is 5.72. The third-order valence-corrected chi connectivity index (χ3v) is 3.13. The Morgan fingerprint density at radius 1 is 1.10 bits per heavy atom. The van der Waals surface area contributed by atoms with Crippen molar-refractivity contribution in [1.29, 1.82) is 0 Å². The Morgan fingerprint density at radius 3 is 2.55 bits per heavy atom. The van der Waals surface area contributed by atoms with Gasteiger partial charge in [0.15, 0.2) is 0 Å². The van der Waals surface area contributed by atoms with Crippen LogP contribution in [0.2, 0.25) is 0 Å². The van der Waals surface area contributed by atoms with Crippen LogP contribution in [0.5, 0.6) is 11.5 Å². The number of anilines is 3. The third-order valence-electron chi connectivity index (χ3n) is 3.13. The van der Waals surface area contributed by atoms with E-state index in [-0.39, 0.29) is 0 Å². The zero-order chi connectivity index (χ0) is 14.5. The number of rotatable bonds is 5. The van der Waals surface area contributed by atoms with E-state index in [9.17, 15) is 0 Å². The van der Waals surface area contributed by atoms with E-state index in [0.29, 0.717) is 18.0 Å². The first-order valence-corrected chi connectivity index (χ1v) is 6.56. The van der Waals surface area contributed by atoms with E-state index in [1.807, 2.05) is 61.3 Å². The molecule has 0 unspecified atom stereocenters. The van der Waals surface area contributed by atoms with Gasteiger partial charge in [0.25, 0.3) is 0 Å². The smallest absolute Gasteiger partial charge is 0.144 e. The number of hydrogen-bond acceptors (Lipinski definition) is 4. The van der Waals surface area contributed by atoms with Crippen molar-refractivity contribution in [2.24, 2.45) is 0 Å². The van der Waals surface area contributed by atoms with Crippen molar-refractivity contribution in [1.82, 2.24) is 0 Å². The minimum Gasteiger partial charge on any atom is -0.495 e. The third kappa shape index (κ3) is 2.79. The lowest BCUT2D eigenvalue weighted by atomic mass is 10.2. The molecule has 0 atom stereocenters. The van der Waals surface area contributed by atoms with Crippen LogP contribution in [-0.2, 0) is 0 Å². The van der Waals surface area contributed by atoms with Gasteiger partial charge in [0, 0.05) is 18.8 Å². The SMILES string of the molecule is CCOc1cc(N(C)c2ccccc2OC)ccc1N. The zero-order valence-corrected chi connectivity index (χ0v) is 12.1. The van der Waals surface area contributed by atoms with Crippen LogP contribution in [-0.4, -0.2) is 20.8 Å². The summed E-state index contributed by atoms with van der Waals surface area (Å²) in [7, 11) is 3.65. The van der Waals surface area contributed by atoms with Crippen molar-refractivity contribution >= 4 is 17.1 Å². The molecule has 2 aromatic carbocycles. The monoisotopic (exact) mass is 272 g/mol. The van der Waals surface area contributed by atoms with Gasteiger partial charge in [0.1, 0.15) is 11.5 Å². The lowest BCUT2D eigenvalue weighted by molar-refractivity contribution is 0.342. The number of para-hydroxylation sites is 2. The van der Waals surface area contributed by atoms with Gasteiger partial charge in [-0.25, -0.2) is 0 Å². The highest BCUT2D eigenvalue weighted by Gasteiger charge is 2.11. The molecule has 0 aliphatic carbocycles. The molecule has 0 saturated carbocycles. The highest BCUT2D eigenvalue weighted by atomic mass is 16.5. The van der Waals surface area contributed by atoms with Crippen molar-refractivity contribution in [3.8, 4) is 11.5 Å². The van der Waals surface area contributed by atoms with E-state index in [4.69, 9.17) is 15.2 Å². The minimum atomic E-state index is 0.589. The normalized spacial score (nSPS) is 10.2. The fraction of sp³-hybridized carbons (Fsp3) is 0.250. The van der Waals surface area contributed by atoms with E-state index in [1.54, 1.807) is 7.11 Å². The molecule has 0 aliphatic heterocycles. The Labute approximate surface area is 119 Å². The van der Waals surface area contributed by atoms with Gasteiger partial charge in [0.2, 0.25) is 0 Å². The van der Waals surface area contributed by atoms with Crippen LogP contribution in [0.25, 0.3) is 0 Å². The quantitative estimate of drug-likeness (QED) is 0.847. The molecule has 2 rings (SSSR count). The summed E-state index contributed by atoms with van der Waals surface area (Å²) in [6, 6.07) is 13.6.